The Morgan fingerprint density at radius 2 is 1.72 bits per heavy atom. The van der Waals surface area contributed by atoms with E-state index in [2.05, 4.69) is 33.0 Å². The van der Waals surface area contributed by atoms with Gasteiger partial charge in [-0.3, -0.25) is 0 Å². The van der Waals surface area contributed by atoms with E-state index in [0.29, 0.717) is 18.0 Å². The number of hydrogen-bond acceptors (Lipinski definition) is 4. The maximum atomic E-state index is 9.65. The number of nitrogens with one attached hydrogen (secondary N) is 1. The second-order valence-corrected chi connectivity index (χ2v) is 5.84. The van der Waals surface area contributed by atoms with Gasteiger partial charge in [-0.15, -0.1) is 0 Å². The van der Waals surface area contributed by atoms with Gasteiger partial charge >= 0.3 is 0 Å². The predicted molar refractivity (Wildman–Crippen MR) is 71.8 cm³/mol. The molecule has 0 heterocycles. The monoisotopic (exact) mass is 253 g/mol. The summed E-state index contributed by atoms with van der Waals surface area (Å²) in [6.45, 7) is 10.0. The first-order valence-corrected chi connectivity index (χ1v) is 6.17. The van der Waals surface area contributed by atoms with Crippen molar-refractivity contribution in [1.29, 1.82) is 0 Å². The highest BCUT2D eigenvalue weighted by Crippen LogP contribution is 2.36. The Hall–Kier alpha value is -1.42. The van der Waals surface area contributed by atoms with Gasteiger partial charge < -0.3 is 20.6 Å². The van der Waals surface area contributed by atoms with Crippen LogP contribution in [0.25, 0.3) is 0 Å². The summed E-state index contributed by atoms with van der Waals surface area (Å²) in [5.41, 5.74) is 0.804. The largest absolute Gasteiger partial charge is 0.504 e. The topological polar surface area (TPSA) is 72.7 Å². The van der Waals surface area contributed by atoms with E-state index >= 15 is 0 Å². The smallest absolute Gasteiger partial charge is 0.200 e. The first-order valence-electron chi connectivity index (χ1n) is 6.17. The molecule has 18 heavy (non-hydrogen) atoms. The van der Waals surface area contributed by atoms with E-state index in [1.165, 1.54) is 6.07 Å². The van der Waals surface area contributed by atoms with Crippen molar-refractivity contribution in [3.8, 4) is 17.2 Å². The molecule has 1 aromatic rings. The first-order chi connectivity index (χ1) is 8.23. The lowest BCUT2D eigenvalue weighted by Gasteiger charge is -2.27. The number of aromatic hydroxyl groups is 3. The highest BCUT2D eigenvalue weighted by molar-refractivity contribution is 5.52. The van der Waals surface area contributed by atoms with Crippen molar-refractivity contribution in [2.24, 2.45) is 11.3 Å². The summed E-state index contributed by atoms with van der Waals surface area (Å²) in [5.74, 6) is -0.534. The Kier molecular flexibility index (Phi) is 4.46. The summed E-state index contributed by atoms with van der Waals surface area (Å²) in [6.07, 6.45) is 0. The average Bonchev–Trinajstić information content (AvgIpc) is 2.27. The summed E-state index contributed by atoms with van der Waals surface area (Å²) in [5, 5.41) is 31.5. The summed E-state index contributed by atoms with van der Waals surface area (Å²) in [4.78, 5) is 0. The van der Waals surface area contributed by atoms with Crippen LogP contribution in [-0.4, -0.2) is 21.9 Å². The zero-order chi connectivity index (χ0) is 13.9. The fraction of sp³-hybridized carbons (Fsp3) is 0.571. The maximum Gasteiger partial charge on any atom is 0.200 e. The van der Waals surface area contributed by atoms with Crippen molar-refractivity contribution in [2.75, 3.05) is 6.54 Å². The van der Waals surface area contributed by atoms with Crippen LogP contribution in [0.15, 0.2) is 12.1 Å². The lowest BCUT2D eigenvalue weighted by atomic mass is 9.82. The van der Waals surface area contributed by atoms with Crippen molar-refractivity contribution >= 4 is 0 Å². The molecule has 1 atom stereocenters. The second-order valence-electron chi connectivity index (χ2n) is 5.84. The van der Waals surface area contributed by atoms with E-state index in [0.717, 1.165) is 6.54 Å². The number of hydrogen-bond donors (Lipinski definition) is 4. The van der Waals surface area contributed by atoms with E-state index in [1.807, 2.05) is 0 Å². The van der Waals surface area contributed by atoms with Gasteiger partial charge in [0, 0.05) is 12.1 Å². The molecule has 0 aliphatic heterocycles. The van der Waals surface area contributed by atoms with Gasteiger partial charge in [-0.25, -0.2) is 0 Å². The molecule has 0 saturated carbocycles. The van der Waals surface area contributed by atoms with E-state index in [9.17, 15) is 15.3 Å². The minimum absolute atomic E-state index is 0.228. The Balaban J connectivity index is 2.58. The molecule has 0 aromatic heterocycles. The quantitative estimate of drug-likeness (QED) is 0.622. The third-order valence-corrected chi connectivity index (χ3v) is 3.46. The van der Waals surface area contributed by atoms with Gasteiger partial charge in [-0.1, -0.05) is 33.8 Å². The van der Waals surface area contributed by atoms with Crippen LogP contribution in [0.3, 0.4) is 0 Å². The Morgan fingerprint density at radius 1 is 1.11 bits per heavy atom. The number of phenols is 3. The van der Waals surface area contributed by atoms with Crippen LogP contribution in [0, 0.1) is 11.3 Å². The van der Waals surface area contributed by atoms with Crippen LogP contribution in [0.5, 0.6) is 17.2 Å². The van der Waals surface area contributed by atoms with Crippen molar-refractivity contribution in [1.82, 2.24) is 5.32 Å². The molecule has 0 spiro atoms. The van der Waals surface area contributed by atoms with Gasteiger partial charge in [0.15, 0.2) is 11.5 Å². The molecule has 1 unspecified atom stereocenters. The Morgan fingerprint density at radius 3 is 2.28 bits per heavy atom. The molecule has 1 aromatic carbocycles. The minimum Gasteiger partial charge on any atom is -0.504 e. The molecule has 0 fully saturated rings. The summed E-state index contributed by atoms with van der Waals surface area (Å²) in [6, 6.07) is 2.97. The van der Waals surface area contributed by atoms with Gasteiger partial charge in [0.1, 0.15) is 0 Å². The number of benzene rings is 1. The van der Waals surface area contributed by atoms with E-state index in [1.54, 1.807) is 6.07 Å². The summed E-state index contributed by atoms with van der Waals surface area (Å²) < 4.78 is 0. The SMILES string of the molecule is CC(CNCc1ccc(O)c(O)c1O)C(C)(C)C. The normalized spacial score (nSPS) is 13.6. The van der Waals surface area contributed by atoms with E-state index in [-0.39, 0.29) is 16.9 Å². The molecule has 0 radical (unpaired) electrons. The molecule has 0 bridgehead atoms. The molecule has 4 heteroatoms. The van der Waals surface area contributed by atoms with Gasteiger partial charge in [0.2, 0.25) is 5.75 Å². The van der Waals surface area contributed by atoms with Gasteiger partial charge in [-0.05, 0) is 23.9 Å². The predicted octanol–water partition coefficient (Wildman–Crippen LogP) is 2.58. The molecule has 0 amide bonds. The molecule has 102 valence electrons. The molecular formula is C14H23NO3. The molecule has 4 N–H and O–H groups in total. The van der Waals surface area contributed by atoms with E-state index < -0.39 is 5.75 Å². The fourth-order valence-electron chi connectivity index (χ4n) is 1.48. The van der Waals surface area contributed by atoms with Crippen LogP contribution >= 0.6 is 0 Å². The lowest BCUT2D eigenvalue weighted by molar-refractivity contribution is 0.252. The zero-order valence-corrected chi connectivity index (χ0v) is 11.5. The number of rotatable bonds is 4. The van der Waals surface area contributed by atoms with Gasteiger partial charge in [0.05, 0.1) is 0 Å². The highest BCUT2D eigenvalue weighted by Gasteiger charge is 2.19. The third kappa shape index (κ3) is 3.53. The first kappa shape index (κ1) is 14.6. The lowest BCUT2D eigenvalue weighted by Crippen LogP contribution is -2.29. The fourth-order valence-corrected chi connectivity index (χ4v) is 1.48. The standard InChI is InChI=1S/C14H23NO3/c1-9(14(2,3)4)7-15-8-10-5-6-11(16)13(18)12(10)17/h5-6,9,15-18H,7-8H2,1-4H3. The zero-order valence-electron chi connectivity index (χ0n) is 11.5. The highest BCUT2D eigenvalue weighted by atomic mass is 16.3. The Bertz CT molecular complexity index is 410. The van der Waals surface area contributed by atoms with Crippen molar-refractivity contribution < 1.29 is 15.3 Å². The van der Waals surface area contributed by atoms with Crippen LogP contribution in [-0.2, 0) is 6.54 Å². The van der Waals surface area contributed by atoms with Gasteiger partial charge in [0.25, 0.3) is 0 Å². The summed E-state index contributed by atoms with van der Waals surface area (Å²) in [7, 11) is 0. The molecule has 0 saturated heterocycles. The third-order valence-electron chi connectivity index (χ3n) is 3.46. The van der Waals surface area contributed by atoms with Crippen molar-refractivity contribution in [3.05, 3.63) is 17.7 Å². The van der Waals surface area contributed by atoms with Gasteiger partial charge in [-0.2, -0.15) is 0 Å². The summed E-state index contributed by atoms with van der Waals surface area (Å²) >= 11 is 0. The van der Waals surface area contributed by atoms with Crippen LogP contribution < -0.4 is 5.32 Å². The molecule has 0 aliphatic carbocycles. The molecule has 4 nitrogen and oxygen atoms in total. The molecular weight excluding hydrogens is 230 g/mol. The second kappa shape index (κ2) is 5.48. The minimum atomic E-state index is -0.460. The van der Waals surface area contributed by atoms with Crippen LogP contribution in [0.2, 0.25) is 0 Å². The van der Waals surface area contributed by atoms with Crippen molar-refractivity contribution in [3.63, 3.8) is 0 Å². The Labute approximate surface area is 108 Å². The van der Waals surface area contributed by atoms with Crippen molar-refractivity contribution in [2.45, 2.75) is 34.2 Å². The number of phenolic OH excluding ortho intramolecular Hbond substituents is 3. The maximum absolute atomic E-state index is 9.65. The van der Waals surface area contributed by atoms with E-state index in [4.69, 9.17) is 0 Å². The molecule has 0 aliphatic rings. The average molecular weight is 253 g/mol. The molecule has 1 rings (SSSR count). The van der Waals surface area contributed by atoms with Crippen LogP contribution in [0.1, 0.15) is 33.3 Å². The van der Waals surface area contributed by atoms with Crippen LogP contribution in [0.4, 0.5) is 0 Å².